The van der Waals surface area contributed by atoms with Crippen molar-refractivity contribution in [2.75, 3.05) is 0 Å². The van der Waals surface area contributed by atoms with E-state index in [0.29, 0.717) is 0 Å². The van der Waals surface area contributed by atoms with Gasteiger partial charge in [0, 0.05) is 0 Å². The van der Waals surface area contributed by atoms with Crippen LogP contribution in [0.1, 0.15) is 40.0 Å². The maximum atomic E-state index is 3.00. The summed E-state index contributed by atoms with van der Waals surface area (Å²) in [5, 5.41) is 0. The van der Waals surface area contributed by atoms with E-state index in [4.69, 9.17) is 0 Å². The monoisotopic (exact) mass is 154 g/mol. The first-order valence-corrected chi connectivity index (χ1v) is 4.72. The lowest BCUT2D eigenvalue weighted by atomic mass is 9.87. The van der Waals surface area contributed by atoms with Crippen molar-refractivity contribution in [3.8, 4) is 0 Å². The number of hydrogen-bond acceptors (Lipinski definition) is 0. The first-order chi connectivity index (χ1) is 5.22. The minimum Gasteiger partial charge on any atom is -0.106 e. The normalized spacial score (nSPS) is 29.8. The second-order valence-corrected chi connectivity index (χ2v) is 3.82. The average molecular weight is 154 g/mol. The Morgan fingerprint density at radius 3 is 1.91 bits per heavy atom. The van der Waals surface area contributed by atoms with E-state index in [9.17, 15) is 0 Å². The average Bonchev–Trinajstić information content (AvgIpc) is 2.39. The Kier molecular flexibility index (Phi) is 5.27. The van der Waals surface area contributed by atoms with Gasteiger partial charge in [0.2, 0.25) is 0 Å². The topological polar surface area (TPSA) is 0 Å². The van der Waals surface area contributed by atoms with Crippen LogP contribution in [0.4, 0.5) is 0 Å². The third-order valence-corrected chi connectivity index (χ3v) is 2.78. The zero-order chi connectivity index (χ0) is 8.85. The van der Waals surface area contributed by atoms with Crippen LogP contribution in [0.5, 0.6) is 0 Å². The van der Waals surface area contributed by atoms with Crippen LogP contribution in [0.2, 0.25) is 0 Å². The Bertz CT molecular complexity index is 94.2. The smallest absolute Gasteiger partial charge is 0.0365 e. The van der Waals surface area contributed by atoms with Gasteiger partial charge < -0.3 is 0 Å². The highest BCUT2D eigenvalue weighted by atomic mass is 14.3. The van der Waals surface area contributed by atoms with Gasteiger partial charge in [0.05, 0.1) is 0 Å². The number of rotatable bonds is 1. The highest BCUT2D eigenvalue weighted by Gasteiger charge is 2.25. The zero-order valence-electron chi connectivity index (χ0n) is 8.27. The summed E-state index contributed by atoms with van der Waals surface area (Å²) in [5.41, 5.74) is 0. The van der Waals surface area contributed by atoms with Crippen molar-refractivity contribution in [3.63, 3.8) is 0 Å². The van der Waals surface area contributed by atoms with Crippen LogP contribution < -0.4 is 0 Å². The van der Waals surface area contributed by atoms with Crippen molar-refractivity contribution < 1.29 is 0 Å². The second-order valence-electron chi connectivity index (χ2n) is 3.82. The highest BCUT2D eigenvalue weighted by molar-refractivity contribution is 4.75. The molecule has 11 heavy (non-hydrogen) atoms. The van der Waals surface area contributed by atoms with E-state index in [1.54, 1.807) is 0 Å². The molecule has 1 aliphatic rings. The molecule has 0 N–H and O–H groups in total. The zero-order valence-corrected chi connectivity index (χ0v) is 8.27. The molecule has 0 aliphatic heterocycles. The molecule has 1 aliphatic carbocycles. The largest absolute Gasteiger partial charge is 0.106 e. The third kappa shape index (κ3) is 3.09. The minimum atomic E-state index is 0.919. The lowest BCUT2D eigenvalue weighted by molar-refractivity contribution is 0.314. The number of hydrogen-bond donors (Lipinski definition) is 0. The molecule has 0 heterocycles. The van der Waals surface area contributed by atoms with Crippen LogP contribution in [-0.2, 0) is 0 Å². The summed E-state index contributed by atoms with van der Waals surface area (Å²) < 4.78 is 0. The van der Waals surface area contributed by atoms with Gasteiger partial charge in [0.25, 0.3) is 0 Å². The van der Waals surface area contributed by atoms with Crippen LogP contribution in [0.25, 0.3) is 0 Å². The molecule has 66 valence electrons. The summed E-state index contributed by atoms with van der Waals surface area (Å²) in [6, 6.07) is 0. The van der Waals surface area contributed by atoms with Gasteiger partial charge in [-0.15, -0.1) is 13.2 Å². The lowest BCUT2D eigenvalue weighted by Crippen LogP contribution is -2.10. The molecule has 1 fully saturated rings. The van der Waals surface area contributed by atoms with Crippen molar-refractivity contribution >= 4 is 0 Å². The van der Waals surface area contributed by atoms with Gasteiger partial charge in [-0.2, -0.15) is 0 Å². The standard InChI is InChI=1S/C9H18.C2H4/c1-7(2)9-6-4-5-8(9)3;1-2/h7-9H,4-6H2,1-3H3;1-2H2. The van der Waals surface area contributed by atoms with Gasteiger partial charge >= 0.3 is 0 Å². The molecular formula is C11H22. The van der Waals surface area contributed by atoms with Gasteiger partial charge in [-0.1, -0.05) is 33.6 Å². The molecule has 1 saturated carbocycles. The predicted octanol–water partition coefficient (Wildman–Crippen LogP) is 3.88. The van der Waals surface area contributed by atoms with Crippen molar-refractivity contribution in [2.45, 2.75) is 40.0 Å². The van der Waals surface area contributed by atoms with E-state index in [0.717, 1.165) is 17.8 Å². The molecule has 0 aromatic carbocycles. The summed E-state index contributed by atoms with van der Waals surface area (Å²) in [6.07, 6.45) is 4.44. The first-order valence-electron chi connectivity index (χ1n) is 4.72. The SMILES string of the molecule is C=C.CC(C)C1CCCC1C. The van der Waals surface area contributed by atoms with Gasteiger partial charge in [-0.3, -0.25) is 0 Å². The molecule has 0 aromatic heterocycles. The molecule has 0 aromatic rings. The van der Waals surface area contributed by atoms with Crippen LogP contribution in [0.15, 0.2) is 13.2 Å². The fourth-order valence-electron chi connectivity index (χ4n) is 2.16. The molecular weight excluding hydrogens is 132 g/mol. The Morgan fingerprint density at radius 1 is 1.18 bits per heavy atom. The quantitative estimate of drug-likeness (QED) is 0.503. The van der Waals surface area contributed by atoms with Gasteiger partial charge in [0.1, 0.15) is 0 Å². The molecule has 0 saturated heterocycles. The van der Waals surface area contributed by atoms with Crippen LogP contribution >= 0.6 is 0 Å². The van der Waals surface area contributed by atoms with E-state index < -0.39 is 0 Å². The van der Waals surface area contributed by atoms with E-state index in [2.05, 4.69) is 33.9 Å². The summed E-state index contributed by atoms with van der Waals surface area (Å²) >= 11 is 0. The van der Waals surface area contributed by atoms with Gasteiger partial charge in [0.15, 0.2) is 0 Å². The Hall–Kier alpha value is -0.260. The first kappa shape index (κ1) is 10.7. The molecule has 0 bridgehead atoms. The lowest BCUT2D eigenvalue weighted by Gasteiger charge is -2.18. The molecule has 0 heteroatoms. The summed E-state index contributed by atoms with van der Waals surface area (Å²) in [5.74, 6) is 2.96. The van der Waals surface area contributed by atoms with Crippen LogP contribution in [-0.4, -0.2) is 0 Å². The maximum Gasteiger partial charge on any atom is -0.0365 e. The summed E-state index contributed by atoms with van der Waals surface area (Å²) in [6.45, 7) is 13.1. The molecule has 1 rings (SSSR count). The predicted molar refractivity (Wildman–Crippen MR) is 52.6 cm³/mol. The minimum absolute atomic E-state index is 0.919. The van der Waals surface area contributed by atoms with Crippen molar-refractivity contribution in [1.82, 2.24) is 0 Å². The van der Waals surface area contributed by atoms with E-state index in [1.807, 2.05) is 0 Å². The molecule has 0 spiro atoms. The van der Waals surface area contributed by atoms with Gasteiger partial charge in [-0.25, -0.2) is 0 Å². The van der Waals surface area contributed by atoms with Crippen LogP contribution in [0, 0.1) is 17.8 Å². The Morgan fingerprint density at radius 2 is 1.73 bits per heavy atom. The van der Waals surface area contributed by atoms with E-state index in [1.165, 1.54) is 19.3 Å². The Balaban J connectivity index is 0.000000461. The molecule has 2 atom stereocenters. The van der Waals surface area contributed by atoms with Crippen molar-refractivity contribution in [2.24, 2.45) is 17.8 Å². The molecule has 0 amide bonds. The molecule has 0 radical (unpaired) electrons. The molecule has 2 unspecified atom stereocenters. The third-order valence-electron chi connectivity index (χ3n) is 2.78. The maximum absolute atomic E-state index is 3.00. The summed E-state index contributed by atoms with van der Waals surface area (Å²) in [4.78, 5) is 0. The molecule has 0 nitrogen and oxygen atoms in total. The Labute approximate surface area is 71.7 Å². The second kappa shape index (κ2) is 5.40. The van der Waals surface area contributed by atoms with E-state index in [-0.39, 0.29) is 0 Å². The van der Waals surface area contributed by atoms with Crippen molar-refractivity contribution in [3.05, 3.63) is 13.2 Å². The van der Waals surface area contributed by atoms with Crippen molar-refractivity contribution in [1.29, 1.82) is 0 Å². The van der Waals surface area contributed by atoms with E-state index >= 15 is 0 Å². The van der Waals surface area contributed by atoms with Crippen LogP contribution in [0.3, 0.4) is 0 Å². The fraction of sp³-hybridized carbons (Fsp3) is 0.818. The summed E-state index contributed by atoms with van der Waals surface area (Å²) in [7, 11) is 0. The fourth-order valence-corrected chi connectivity index (χ4v) is 2.16. The van der Waals surface area contributed by atoms with Gasteiger partial charge in [-0.05, 0) is 24.2 Å². The highest BCUT2D eigenvalue weighted by Crippen LogP contribution is 2.35.